The van der Waals surface area contributed by atoms with Gasteiger partial charge in [-0.1, -0.05) is 128 Å². The zero-order valence-corrected chi connectivity index (χ0v) is 46.6. The molecule has 4 fully saturated rings. The molecule has 1 aromatic heterocycles. The van der Waals surface area contributed by atoms with Crippen LogP contribution in [0.15, 0.2) is 78.3 Å². The van der Waals surface area contributed by atoms with Gasteiger partial charge >= 0.3 is 0 Å². The van der Waals surface area contributed by atoms with Crippen LogP contribution in [0.25, 0.3) is 21.2 Å². The number of aliphatic hydroxyl groups is 1. The lowest BCUT2D eigenvalue weighted by atomic mass is 9.48. The molecule has 0 bridgehead atoms. The molecule has 10 atom stereocenters. The van der Waals surface area contributed by atoms with Crippen LogP contribution in [-0.2, 0) is 30.5 Å². The van der Waals surface area contributed by atoms with Crippen LogP contribution >= 0.6 is 11.3 Å². The van der Waals surface area contributed by atoms with Crippen molar-refractivity contribution in [2.75, 3.05) is 18.5 Å². The van der Waals surface area contributed by atoms with E-state index >= 15 is 0 Å². The van der Waals surface area contributed by atoms with Gasteiger partial charge < -0.3 is 36.0 Å². The van der Waals surface area contributed by atoms with Gasteiger partial charge in [0, 0.05) is 59.8 Å². The number of aryl methyl sites for hydroxylation is 1. The van der Waals surface area contributed by atoms with Crippen LogP contribution in [0.5, 0.6) is 5.75 Å². The first-order chi connectivity index (χ1) is 36.4. The molecule has 3 aromatic carbocycles. The number of aromatic nitrogens is 1. The zero-order chi connectivity index (χ0) is 53.8. The molecular weight excluding hydrogens is 973 g/mol. The Morgan fingerprint density at radius 3 is 2.33 bits per heavy atom. The summed E-state index contributed by atoms with van der Waals surface area (Å²) in [6.07, 6.45) is 17.8. The summed E-state index contributed by atoms with van der Waals surface area (Å²) in [5.41, 5.74) is 4.96. The number of aliphatic hydroxyl groups excluding tert-OH is 1. The SMILES string of the molecule is Cc1ncsc1-c1ccc(CNC(=O)[C@@H]2C[C@@H](O)CN2C(=O)[C@@H](NC(=O)CCCCCCCCCCOc2cccc3c(NC(=O)[C@H]4CC[C@H]5[C@@H]6CC[C@H]7NC(=O)C=C[C@]7(C)[C@H]6CC[C@]45C)cccc23)C(C)(C)C)cc1. The summed E-state index contributed by atoms with van der Waals surface area (Å²) in [5, 5.41) is 25.2. The van der Waals surface area contributed by atoms with E-state index in [9.17, 15) is 29.1 Å². The number of nitrogens with one attached hydrogen (secondary N) is 4. The predicted octanol–water partition coefficient (Wildman–Crippen LogP) is 10.8. The molecule has 3 aliphatic carbocycles. The maximum absolute atomic E-state index is 14.3. The van der Waals surface area contributed by atoms with Crippen molar-refractivity contribution in [3.05, 3.63) is 89.6 Å². The van der Waals surface area contributed by atoms with Crippen LogP contribution in [0, 0.1) is 46.8 Å². The standard InChI is InChI=1S/C62H82N6O7S/c1-39-55(76-38-64-39)41-24-22-40(23-25-41)36-63-58(73)50-35-42(69)37-68(50)59(74)56(60(2,3)4)67-53(70)21-13-11-9-7-8-10-12-14-34-75-51-20-16-17-43-44(51)18-15-19-49(43)65-57(72)48-28-27-46-45-26-29-52-62(6,33-31-54(71)66-52)47(45)30-32-61(46,48)5/h15-20,22-25,31,33,38,42,45-48,50,52,56,69H,7-14,21,26-30,32,34-37H2,1-6H3,(H,63,73)(H,65,72)(H,66,71)(H,67,70)/t42-,45+,46+,47+,48-,50+,52-,56-,61+,62-/m1/s1. The Morgan fingerprint density at radius 1 is 0.868 bits per heavy atom. The number of amides is 5. The van der Waals surface area contributed by atoms with E-state index in [1.54, 1.807) is 17.4 Å². The summed E-state index contributed by atoms with van der Waals surface area (Å²) in [6.45, 7) is 13.4. The molecule has 14 heteroatoms. The average Bonchev–Trinajstić information content (AvgIpc) is 4.22. The van der Waals surface area contributed by atoms with Gasteiger partial charge in [-0.25, -0.2) is 4.98 Å². The summed E-state index contributed by atoms with van der Waals surface area (Å²) in [5.74, 6) is 1.70. The summed E-state index contributed by atoms with van der Waals surface area (Å²) in [4.78, 5) is 74.2. The molecule has 3 saturated carbocycles. The van der Waals surface area contributed by atoms with Crippen molar-refractivity contribution >= 4 is 57.3 Å². The second-order valence-corrected chi connectivity index (χ2v) is 25.3. The van der Waals surface area contributed by atoms with Crippen LogP contribution in [0.2, 0.25) is 0 Å². The maximum Gasteiger partial charge on any atom is 0.246 e. The smallest absolute Gasteiger partial charge is 0.246 e. The van der Waals surface area contributed by atoms with Gasteiger partial charge in [0.2, 0.25) is 29.5 Å². The highest BCUT2D eigenvalue weighted by atomic mass is 32.1. The first-order valence-electron chi connectivity index (χ1n) is 28.4. The highest BCUT2D eigenvalue weighted by Crippen LogP contribution is 2.65. The van der Waals surface area contributed by atoms with Crippen molar-refractivity contribution in [2.24, 2.45) is 39.9 Å². The number of carbonyl (C=O) groups excluding carboxylic acids is 5. The van der Waals surface area contributed by atoms with Crippen molar-refractivity contribution in [2.45, 2.75) is 175 Å². The monoisotopic (exact) mass is 1050 g/mol. The van der Waals surface area contributed by atoms with Gasteiger partial charge in [-0.3, -0.25) is 24.0 Å². The topological polar surface area (TPSA) is 179 Å². The minimum absolute atomic E-state index is 0.0196. The number of thiazole rings is 1. The molecule has 1 saturated heterocycles. The van der Waals surface area contributed by atoms with E-state index in [-0.39, 0.29) is 71.8 Å². The van der Waals surface area contributed by atoms with E-state index < -0.39 is 23.6 Å². The number of unbranched alkanes of at least 4 members (excludes halogenated alkanes) is 7. The van der Waals surface area contributed by atoms with E-state index in [0.717, 1.165) is 134 Å². The van der Waals surface area contributed by atoms with Crippen LogP contribution < -0.4 is 26.0 Å². The number of carbonyl (C=O) groups is 5. The van der Waals surface area contributed by atoms with Crippen LogP contribution in [0.1, 0.15) is 149 Å². The number of benzene rings is 3. The second kappa shape index (κ2) is 23.6. The molecule has 13 nitrogen and oxygen atoms in total. The summed E-state index contributed by atoms with van der Waals surface area (Å²) in [7, 11) is 0. The van der Waals surface area contributed by atoms with E-state index in [4.69, 9.17) is 4.74 Å². The normalized spacial score (nSPS) is 27.2. The molecule has 5 N–H and O–H groups in total. The number of nitrogens with zero attached hydrogens (tertiary/aromatic N) is 2. The number of ether oxygens (including phenoxy) is 1. The van der Waals surface area contributed by atoms with Crippen molar-refractivity contribution in [3.63, 3.8) is 0 Å². The van der Waals surface area contributed by atoms with Crippen molar-refractivity contribution < 1.29 is 33.8 Å². The van der Waals surface area contributed by atoms with Crippen LogP contribution in [0.3, 0.4) is 0 Å². The molecule has 76 heavy (non-hydrogen) atoms. The lowest BCUT2D eigenvalue weighted by molar-refractivity contribution is -0.144. The van der Waals surface area contributed by atoms with Gasteiger partial charge in [-0.05, 0) is 116 Å². The Balaban J connectivity index is 0.664. The number of likely N-dealkylation sites (tertiary alicyclic amines) is 1. The largest absolute Gasteiger partial charge is 0.493 e. The molecular formula is C62H82N6O7S. The van der Waals surface area contributed by atoms with Gasteiger partial charge in [0.05, 0.1) is 28.8 Å². The van der Waals surface area contributed by atoms with Gasteiger partial charge in [0.25, 0.3) is 0 Å². The van der Waals surface area contributed by atoms with E-state index in [1.807, 2.05) is 81.7 Å². The molecule has 9 rings (SSSR count). The van der Waals surface area contributed by atoms with Crippen molar-refractivity contribution in [1.29, 1.82) is 0 Å². The molecule has 5 aliphatic rings. The number of fused-ring (bicyclic) bond motifs is 6. The third-order valence-corrected chi connectivity index (χ3v) is 19.4. The molecule has 4 aromatic rings. The molecule has 5 amide bonds. The first-order valence-corrected chi connectivity index (χ1v) is 29.3. The number of rotatable bonds is 20. The minimum atomic E-state index is -0.846. The molecule has 3 heterocycles. The Kier molecular flexibility index (Phi) is 17.1. The first kappa shape index (κ1) is 55.2. The second-order valence-electron chi connectivity index (χ2n) is 24.4. The summed E-state index contributed by atoms with van der Waals surface area (Å²) in [6, 6.07) is 18.7. The predicted molar refractivity (Wildman–Crippen MR) is 300 cm³/mol. The molecule has 2 aliphatic heterocycles. The highest BCUT2D eigenvalue weighted by molar-refractivity contribution is 7.13. The Bertz CT molecular complexity index is 2770. The maximum atomic E-state index is 14.3. The fraction of sp³-hybridized carbons (Fsp3) is 0.581. The van der Waals surface area contributed by atoms with Gasteiger partial charge in [0.1, 0.15) is 17.8 Å². The number of β-amino-alcohol motifs (C(OH)–C–C–N with tert-alkyl or cyclic N) is 1. The van der Waals surface area contributed by atoms with Gasteiger partial charge in [0.15, 0.2) is 0 Å². The van der Waals surface area contributed by atoms with Crippen molar-refractivity contribution in [3.8, 4) is 16.2 Å². The Labute approximate surface area is 454 Å². The van der Waals surface area contributed by atoms with Crippen LogP contribution in [-0.4, -0.2) is 81.9 Å². The van der Waals surface area contributed by atoms with Gasteiger partial charge in [-0.15, -0.1) is 11.3 Å². The Morgan fingerprint density at radius 2 is 1.59 bits per heavy atom. The molecule has 0 unspecified atom stereocenters. The average molecular weight is 1060 g/mol. The molecule has 408 valence electrons. The lowest BCUT2D eigenvalue weighted by Crippen LogP contribution is -2.59. The lowest BCUT2D eigenvalue weighted by Gasteiger charge is -2.58. The van der Waals surface area contributed by atoms with E-state index in [2.05, 4.69) is 58.3 Å². The third kappa shape index (κ3) is 11.9. The fourth-order valence-electron chi connectivity index (χ4n) is 14.1. The summed E-state index contributed by atoms with van der Waals surface area (Å²) >= 11 is 1.59. The highest BCUT2D eigenvalue weighted by Gasteiger charge is 2.61. The number of anilines is 1. The zero-order valence-electron chi connectivity index (χ0n) is 45.8. The quantitative estimate of drug-likeness (QED) is 0.0543. The van der Waals surface area contributed by atoms with E-state index in [1.165, 1.54) is 4.90 Å². The van der Waals surface area contributed by atoms with Crippen molar-refractivity contribution in [1.82, 2.24) is 25.8 Å². The molecule has 0 radical (unpaired) electrons. The van der Waals surface area contributed by atoms with E-state index in [0.29, 0.717) is 30.8 Å². The Hall–Kier alpha value is -5.60. The fourth-order valence-corrected chi connectivity index (χ4v) is 15.0. The van der Waals surface area contributed by atoms with Gasteiger partial charge in [-0.2, -0.15) is 0 Å². The molecule has 0 spiro atoms. The summed E-state index contributed by atoms with van der Waals surface area (Å²) < 4.78 is 6.37. The third-order valence-electron chi connectivity index (χ3n) is 18.4. The number of hydrogen-bond acceptors (Lipinski definition) is 9. The van der Waals surface area contributed by atoms with Crippen LogP contribution in [0.4, 0.5) is 5.69 Å². The number of hydrogen-bond donors (Lipinski definition) is 5. The minimum Gasteiger partial charge on any atom is -0.493 e.